The van der Waals surface area contributed by atoms with Crippen LogP contribution in [0.4, 0.5) is 0 Å². The number of hydrogen-bond acceptors (Lipinski definition) is 5. The van der Waals surface area contributed by atoms with Crippen LogP contribution < -0.4 is 10.3 Å². The van der Waals surface area contributed by atoms with Gasteiger partial charge in [0, 0.05) is 11.8 Å². The molecule has 0 saturated heterocycles. The van der Waals surface area contributed by atoms with Gasteiger partial charge in [-0.3, -0.25) is 9.20 Å². The van der Waals surface area contributed by atoms with Gasteiger partial charge in [-0.2, -0.15) is 4.98 Å². The van der Waals surface area contributed by atoms with Crippen LogP contribution in [0.25, 0.3) is 16.7 Å². The highest BCUT2D eigenvalue weighted by molar-refractivity contribution is 5.96. The van der Waals surface area contributed by atoms with Crippen LogP contribution in [-0.4, -0.2) is 34.1 Å². The molecule has 3 rings (SSSR count). The van der Waals surface area contributed by atoms with Crippen molar-refractivity contribution in [3.63, 3.8) is 0 Å². The summed E-state index contributed by atoms with van der Waals surface area (Å²) in [4.78, 5) is 31.9. The normalized spacial score (nSPS) is 11.1. The topological polar surface area (TPSA) is 85.7 Å². The number of nitrogens with one attached hydrogen (secondary N) is 1. The summed E-state index contributed by atoms with van der Waals surface area (Å²) in [7, 11) is 1.52. The summed E-state index contributed by atoms with van der Waals surface area (Å²) in [5.41, 5.74) is 2.79. The van der Waals surface area contributed by atoms with Crippen molar-refractivity contribution in [1.29, 1.82) is 0 Å². The van der Waals surface area contributed by atoms with E-state index >= 15 is 0 Å². The zero-order valence-electron chi connectivity index (χ0n) is 13.4. The molecule has 7 nitrogen and oxygen atoms in total. The molecular formula is C16H17N3O4. The summed E-state index contributed by atoms with van der Waals surface area (Å²) in [6.07, 6.45) is 0. The molecule has 23 heavy (non-hydrogen) atoms. The molecule has 0 aliphatic rings. The SMILES string of the molecule is CCOC(=O)c1c(C)c2c(=O)[nH]c3ccc(OC)nc3n2c1C. The highest BCUT2D eigenvalue weighted by Gasteiger charge is 2.23. The molecule has 3 aromatic heterocycles. The van der Waals surface area contributed by atoms with E-state index in [9.17, 15) is 9.59 Å². The second kappa shape index (κ2) is 5.42. The van der Waals surface area contributed by atoms with Gasteiger partial charge in [0.05, 0.1) is 24.8 Å². The molecule has 0 radical (unpaired) electrons. The lowest BCUT2D eigenvalue weighted by atomic mass is 10.1. The number of aryl methyl sites for hydroxylation is 2. The number of fused-ring (bicyclic) bond motifs is 3. The van der Waals surface area contributed by atoms with E-state index in [2.05, 4.69) is 9.97 Å². The molecule has 0 saturated carbocycles. The number of pyridine rings is 1. The van der Waals surface area contributed by atoms with E-state index in [1.807, 2.05) is 0 Å². The fourth-order valence-corrected chi connectivity index (χ4v) is 2.87. The van der Waals surface area contributed by atoms with Gasteiger partial charge in [-0.05, 0) is 32.4 Å². The number of nitrogens with zero attached hydrogens (tertiary/aromatic N) is 2. The molecule has 0 aliphatic carbocycles. The fourth-order valence-electron chi connectivity index (χ4n) is 2.87. The largest absolute Gasteiger partial charge is 0.481 e. The molecule has 0 spiro atoms. The Hall–Kier alpha value is -2.83. The number of carbonyl (C=O) groups excluding carboxylic acids is 1. The summed E-state index contributed by atoms with van der Waals surface area (Å²) in [5.74, 6) is -0.0177. The highest BCUT2D eigenvalue weighted by Crippen LogP contribution is 2.25. The molecule has 7 heteroatoms. The number of methoxy groups -OCH3 is 1. The molecule has 0 amide bonds. The molecule has 0 fully saturated rings. The van der Waals surface area contributed by atoms with Gasteiger partial charge < -0.3 is 14.5 Å². The van der Waals surface area contributed by atoms with Gasteiger partial charge in [0.2, 0.25) is 5.88 Å². The first-order valence-electron chi connectivity index (χ1n) is 7.25. The summed E-state index contributed by atoms with van der Waals surface area (Å²) in [5, 5.41) is 0. The predicted molar refractivity (Wildman–Crippen MR) is 85.3 cm³/mol. The lowest BCUT2D eigenvalue weighted by Gasteiger charge is -2.06. The van der Waals surface area contributed by atoms with Crippen molar-refractivity contribution < 1.29 is 14.3 Å². The summed E-state index contributed by atoms with van der Waals surface area (Å²) in [6, 6.07) is 3.39. The maximum atomic E-state index is 12.4. The van der Waals surface area contributed by atoms with E-state index in [1.165, 1.54) is 7.11 Å². The molecule has 1 N–H and O–H groups in total. The number of esters is 1. The first kappa shape index (κ1) is 15.1. The van der Waals surface area contributed by atoms with Crippen molar-refractivity contribution in [2.75, 3.05) is 13.7 Å². The van der Waals surface area contributed by atoms with Crippen LogP contribution in [0, 0.1) is 13.8 Å². The lowest BCUT2D eigenvalue weighted by molar-refractivity contribution is 0.0525. The first-order valence-corrected chi connectivity index (χ1v) is 7.25. The molecular weight excluding hydrogens is 298 g/mol. The van der Waals surface area contributed by atoms with Crippen molar-refractivity contribution in [3.8, 4) is 5.88 Å². The Kier molecular flexibility index (Phi) is 3.55. The minimum Gasteiger partial charge on any atom is -0.481 e. The van der Waals surface area contributed by atoms with Gasteiger partial charge in [-0.25, -0.2) is 4.79 Å². The Morgan fingerprint density at radius 3 is 2.74 bits per heavy atom. The summed E-state index contributed by atoms with van der Waals surface area (Å²) >= 11 is 0. The van der Waals surface area contributed by atoms with Crippen LogP contribution in [0.1, 0.15) is 28.5 Å². The van der Waals surface area contributed by atoms with E-state index in [-0.39, 0.29) is 12.2 Å². The zero-order valence-corrected chi connectivity index (χ0v) is 13.4. The van der Waals surface area contributed by atoms with Crippen molar-refractivity contribution in [2.24, 2.45) is 0 Å². The Bertz CT molecular complexity index is 985. The molecule has 3 heterocycles. The maximum Gasteiger partial charge on any atom is 0.340 e. The Morgan fingerprint density at radius 2 is 2.09 bits per heavy atom. The second-order valence-electron chi connectivity index (χ2n) is 5.17. The average molecular weight is 315 g/mol. The van der Waals surface area contributed by atoms with E-state index in [0.29, 0.717) is 39.4 Å². The Balaban J connectivity index is 2.48. The van der Waals surface area contributed by atoms with Crippen LogP contribution in [0.5, 0.6) is 5.88 Å². The number of hydrogen-bond donors (Lipinski definition) is 1. The van der Waals surface area contributed by atoms with Crippen LogP contribution >= 0.6 is 0 Å². The number of aromatic nitrogens is 3. The average Bonchev–Trinajstić information content (AvgIpc) is 2.79. The number of H-pyrrole nitrogens is 1. The smallest absolute Gasteiger partial charge is 0.340 e. The molecule has 0 aliphatic heterocycles. The minimum absolute atomic E-state index is 0.271. The molecule has 120 valence electrons. The van der Waals surface area contributed by atoms with Crippen LogP contribution in [0.15, 0.2) is 16.9 Å². The molecule has 3 aromatic rings. The van der Waals surface area contributed by atoms with Gasteiger partial charge in [0.1, 0.15) is 5.52 Å². The zero-order chi connectivity index (χ0) is 16.7. The van der Waals surface area contributed by atoms with Gasteiger partial charge in [0.25, 0.3) is 5.56 Å². The third kappa shape index (κ3) is 2.16. The van der Waals surface area contributed by atoms with Crippen molar-refractivity contribution in [1.82, 2.24) is 14.4 Å². The van der Waals surface area contributed by atoms with Crippen LogP contribution in [-0.2, 0) is 4.74 Å². The predicted octanol–water partition coefficient (Wildman–Crippen LogP) is 1.98. The Morgan fingerprint density at radius 1 is 1.35 bits per heavy atom. The lowest BCUT2D eigenvalue weighted by Crippen LogP contribution is -2.12. The molecule has 0 atom stereocenters. The third-order valence-electron chi connectivity index (χ3n) is 3.86. The van der Waals surface area contributed by atoms with E-state index in [4.69, 9.17) is 9.47 Å². The van der Waals surface area contributed by atoms with Gasteiger partial charge in [0.15, 0.2) is 5.65 Å². The van der Waals surface area contributed by atoms with Gasteiger partial charge in [-0.15, -0.1) is 0 Å². The minimum atomic E-state index is -0.443. The second-order valence-corrected chi connectivity index (χ2v) is 5.17. The van der Waals surface area contributed by atoms with E-state index in [1.54, 1.807) is 37.3 Å². The maximum absolute atomic E-state index is 12.4. The fraction of sp³-hybridized carbons (Fsp3) is 0.312. The molecule has 0 aromatic carbocycles. The van der Waals surface area contributed by atoms with Crippen LogP contribution in [0.3, 0.4) is 0 Å². The molecule has 0 bridgehead atoms. The van der Waals surface area contributed by atoms with E-state index < -0.39 is 5.97 Å². The number of rotatable bonds is 3. The van der Waals surface area contributed by atoms with Crippen molar-refractivity contribution in [2.45, 2.75) is 20.8 Å². The molecule has 0 unspecified atom stereocenters. The summed E-state index contributed by atoms with van der Waals surface area (Å²) < 4.78 is 11.9. The van der Waals surface area contributed by atoms with Gasteiger partial charge >= 0.3 is 5.97 Å². The number of aromatic amines is 1. The van der Waals surface area contributed by atoms with Crippen molar-refractivity contribution in [3.05, 3.63) is 39.3 Å². The third-order valence-corrected chi connectivity index (χ3v) is 3.86. The van der Waals surface area contributed by atoms with Gasteiger partial charge in [-0.1, -0.05) is 0 Å². The summed E-state index contributed by atoms with van der Waals surface area (Å²) in [6.45, 7) is 5.52. The van der Waals surface area contributed by atoms with Crippen LogP contribution in [0.2, 0.25) is 0 Å². The first-order chi connectivity index (χ1) is 11.0. The Labute approximate surface area is 131 Å². The standard InChI is InChI=1S/C16H17N3O4/c1-5-23-16(21)12-8(2)13-15(20)17-10-6-7-11(22-4)18-14(10)19(13)9(12)3/h6-7H,5H2,1-4H3,(H,17,20). The highest BCUT2D eigenvalue weighted by atomic mass is 16.5. The van der Waals surface area contributed by atoms with Crippen molar-refractivity contribution >= 4 is 22.6 Å². The number of carbonyl (C=O) groups is 1. The monoisotopic (exact) mass is 315 g/mol. The number of ether oxygens (including phenoxy) is 2. The quantitative estimate of drug-likeness (QED) is 0.747. The van der Waals surface area contributed by atoms with E-state index in [0.717, 1.165) is 0 Å².